The van der Waals surface area contributed by atoms with Gasteiger partial charge in [-0.3, -0.25) is 9.36 Å². The maximum atomic E-state index is 13.5. The van der Waals surface area contributed by atoms with Crippen LogP contribution in [0.3, 0.4) is 0 Å². The molecule has 0 aliphatic heterocycles. The molecule has 0 amide bonds. The summed E-state index contributed by atoms with van der Waals surface area (Å²) >= 11 is 1.41. The maximum Gasteiger partial charge on any atom is 0.262 e. The smallest absolute Gasteiger partial charge is 0.262 e. The molecule has 1 atom stereocenters. The van der Waals surface area contributed by atoms with Gasteiger partial charge in [0.25, 0.3) is 5.56 Å². The lowest BCUT2D eigenvalue weighted by atomic mass is 9.96. The second-order valence-corrected chi connectivity index (χ2v) is 10.3. The van der Waals surface area contributed by atoms with E-state index in [2.05, 4.69) is 10.1 Å². The molecule has 2 heterocycles. The molecule has 0 spiro atoms. The highest BCUT2D eigenvalue weighted by Gasteiger charge is 2.25. The van der Waals surface area contributed by atoms with Crippen molar-refractivity contribution in [1.29, 1.82) is 0 Å². The van der Waals surface area contributed by atoms with E-state index in [0.29, 0.717) is 45.8 Å². The molecule has 0 radical (unpaired) electrons. The zero-order valence-corrected chi connectivity index (χ0v) is 21.0. The number of rotatable bonds is 7. The largest absolute Gasteiger partial charge is 0.493 e. The normalized spacial score (nSPS) is 12.6. The number of methoxy groups -OCH3 is 2. The van der Waals surface area contributed by atoms with Crippen LogP contribution in [-0.2, 0) is 12.0 Å². The molecule has 4 rings (SSSR count). The van der Waals surface area contributed by atoms with Crippen LogP contribution in [0.25, 0.3) is 10.9 Å². The zero-order chi connectivity index (χ0) is 24.5. The van der Waals surface area contributed by atoms with E-state index in [9.17, 15) is 4.79 Å². The van der Waals surface area contributed by atoms with Crippen LogP contribution in [0.4, 0.5) is 0 Å². The number of hydrogen-bond acceptors (Lipinski definition) is 8. The lowest BCUT2D eigenvalue weighted by Crippen LogP contribution is -2.24. The second kappa shape index (κ2) is 9.50. The first-order chi connectivity index (χ1) is 16.2. The Hall–Kier alpha value is -3.33. The highest BCUT2D eigenvalue weighted by atomic mass is 32.2. The van der Waals surface area contributed by atoms with Crippen LogP contribution >= 0.6 is 11.8 Å². The fourth-order valence-electron chi connectivity index (χ4n) is 3.45. The number of ether oxygens (including phenoxy) is 2. The minimum Gasteiger partial charge on any atom is -0.493 e. The summed E-state index contributed by atoms with van der Waals surface area (Å²) in [5.41, 5.74) is 1.20. The van der Waals surface area contributed by atoms with Gasteiger partial charge in [-0.25, -0.2) is 4.98 Å². The number of thioether (sulfide) groups is 1. The van der Waals surface area contributed by atoms with Crippen molar-refractivity contribution in [2.45, 2.75) is 50.1 Å². The van der Waals surface area contributed by atoms with Crippen molar-refractivity contribution < 1.29 is 14.0 Å². The molecule has 2 aromatic carbocycles. The molecule has 0 bridgehead atoms. The predicted molar refractivity (Wildman–Crippen MR) is 132 cm³/mol. The van der Waals surface area contributed by atoms with Crippen molar-refractivity contribution >= 4 is 22.7 Å². The molecule has 0 aliphatic carbocycles. The SMILES string of the molecule is COc1ccc(Cn2c(SC(C)c3nc(C(C)(C)C)no3)nc3ccccc3c2=O)cc1OC. The molecule has 0 N–H and O–H groups in total. The molecule has 9 heteroatoms. The third-order valence-corrected chi connectivity index (χ3v) is 6.44. The fraction of sp³-hybridized carbons (Fsp3) is 0.360. The average Bonchev–Trinajstić information content (AvgIpc) is 3.33. The van der Waals surface area contributed by atoms with Gasteiger partial charge in [0.05, 0.1) is 36.9 Å². The van der Waals surface area contributed by atoms with Gasteiger partial charge >= 0.3 is 0 Å². The highest BCUT2D eigenvalue weighted by molar-refractivity contribution is 7.99. The molecule has 0 saturated carbocycles. The van der Waals surface area contributed by atoms with Gasteiger partial charge in [-0.15, -0.1) is 0 Å². The molecular weight excluding hydrogens is 452 g/mol. The minimum atomic E-state index is -0.219. The van der Waals surface area contributed by atoms with Crippen LogP contribution in [0.5, 0.6) is 11.5 Å². The quantitative estimate of drug-likeness (QED) is 0.270. The third-order valence-electron chi connectivity index (χ3n) is 5.36. The van der Waals surface area contributed by atoms with Crippen molar-refractivity contribution in [2.75, 3.05) is 14.2 Å². The number of aromatic nitrogens is 4. The van der Waals surface area contributed by atoms with Crippen LogP contribution in [0.2, 0.25) is 0 Å². The number of hydrogen-bond donors (Lipinski definition) is 0. The molecule has 2 aromatic heterocycles. The number of benzene rings is 2. The van der Waals surface area contributed by atoms with Gasteiger partial charge in [0.1, 0.15) is 0 Å². The summed E-state index contributed by atoms with van der Waals surface area (Å²) in [6.45, 7) is 8.39. The Balaban J connectivity index is 1.75. The van der Waals surface area contributed by atoms with Crippen LogP contribution < -0.4 is 15.0 Å². The van der Waals surface area contributed by atoms with Crippen molar-refractivity contribution in [2.24, 2.45) is 0 Å². The summed E-state index contributed by atoms with van der Waals surface area (Å²) in [4.78, 5) is 22.9. The molecule has 0 aliphatic rings. The van der Waals surface area contributed by atoms with E-state index in [4.69, 9.17) is 19.0 Å². The first-order valence-electron chi connectivity index (χ1n) is 10.9. The lowest BCUT2D eigenvalue weighted by Gasteiger charge is -2.16. The van der Waals surface area contributed by atoms with Crippen LogP contribution in [0, 0.1) is 0 Å². The molecule has 0 fully saturated rings. The van der Waals surface area contributed by atoms with Crippen molar-refractivity contribution in [3.63, 3.8) is 0 Å². The van der Waals surface area contributed by atoms with E-state index in [1.54, 1.807) is 24.9 Å². The average molecular weight is 481 g/mol. The summed E-state index contributed by atoms with van der Waals surface area (Å²) in [5, 5.41) is 5.06. The van der Waals surface area contributed by atoms with Gasteiger partial charge in [0, 0.05) is 5.41 Å². The summed E-state index contributed by atoms with van der Waals surface area (Å²) in [6.07, 6.45) is 0. The standard InChI is InChI=1S/C25H28N4O4S/c1-15(21-27-23(28-33-21)25(2,3)4)34-24-26-18-10-8-7-9-17(18)22(30)29(24)14-16-11-12-19(31-5)20(13-16)32-6/h7-13,15H,14H2,1-6H3. The Morgan fingerprint density at radius 2 is 1.79 bits per heavy atom. The van der Waals surface area contributed by atoms with E-state index in [1.165, 1.54) is 11.8 Å². The molecule has 1 unspecified atom stereocenters. The van der Waals surface area contributed by atoms with Crippen LogP contribution in [-0.4, -0.2) is 33.9 Å². The van der Waals surface area contributed by atoms with Gasteiger partial charge in [-0.05, 0) is 36.8 Å². The number of nitrogens with zero attached hydrogens (tertiary/aromatic N) is 4. The maximum absolute atomic E-state index is 13.5. The molecule has 34 heavy (non-hydrogen) atoms. The molecule has 4 aromatic rings. The van der Waals surface area contributed by atoms with E-state index >= 15 is 0 Å². The Morgan fingerprint density at radius 1 is 1.06 bits per heavy atom. The van der Waals surface area contributed by atoms with Crippen molar-refractivity contribution in [3.05, 3.63) is 70.1 Å². The van der Waals surface area contributed by atoms with Gasteiger partial charge in [-0.2, -0.15) is 4.98 Å². The first-order valence-corrected chi connectivity index (χ1v) is 11.8. The Labute approximate surface area is 202 Å². The third kappa shape index (κ3) is 4.79. The molecule has 8 nitrogen and oxygen atoms in total. The lowest BCUT2D eigenvalue weighted by molar-refractivity contribution is 0.354. The number of fused-ring (bicyclic) bond motifs is 1. The van der Waals surface area contributed by atoms with Crippen LogP contribution in [0.15, 0.2) is 56.9 Å². The first kappa shape index (κ1) is 23.8. The Bertz CT molecular complexity index is 1370. The molecular formula is C25H28N4O4S. The summed E-state index contributed by atoms with van der Waals surface area (Å²) < 4.78 is 18.0. The minimum absolute atomic E-state index is 0.115. The fourth-order valence-corrected chi connectivity index (χ4v) is 4.39. The summed E-state index contributed by atoms with van der Waals surface area (Å²) in [6, 6.07) is 13.0. The topological polar surface area (TPSA) is 92.3 Å². The molecule has 178 valence electrons. The van der Waals surface area contributed by atoms with Gasteiger partial charge in [0.15, 0.2) is 22.5 Å². The Morgan fingerprint density at radius 3 is 2.47 bits per heavy atom. The van der Waals surface area contributed by atoms with Crippen molar-refractivity contribution in [1.82, 2.24) is 19.7 Å². The van der Waals surface area contributed by atoms with Crippen molar-refractivity contribution in [3.8, 4) is 11.5 Å². The number of para-hydroxylation sites is 1. The highest BCUT2D eigenvalue weighted by Crippen LogP contribution is 2.35. The van der Waals surface area contributed by atoms with Gasteiger partial charge < -0.3 is 14.0 Å². The van der Waals surface area contributed by atoms with Gasteiger partial charge in [0.2, 0.25) is 5.89 Å². The Kier molecular flexibility index (Phi) is 6.65. The van der Waals surface area contributed by atoms with E-state index in [-0.39, 0.29) is 16.2 Å². The van der Waals surface area contributed by atoms with Gasteiger partial charge in [-0.1, -0.05) is 55.9 Å². The second-order valence-electron chi connectivity index (χ2n) is 8.96. The van der Waals surface area contributed by atoms with E-state index < -0.39 is 0 Å². The monoisotopic (exact) mass is 480 g/mol. The molecule has 0 saturated heterocycles. The van der Waals surface area contributed by atoms with E-state index in [1.807, 2.05) is 64.1 Å². The van der Waals surface area contributed by atoms with E-state index in [0.717, 1.165) is 5.56 Å². The zero-order valence-electron chi connectivity index (χ0n) is 20.2. The summed E-state index contributed by atoms with van der Waals surface area (Å²) in [7, 11) is 3.18. The van der Waals surface area contributed by atoms with Crippen LogP contribution in [0.1, 0.15) is 50.2 Å². The predicted octanol–water partition coefficient (Wildman–Crippen LogP) is 5.00. The summed E-state index contributed by atoms with van der Waals surface area (Å²) in [5.74, 6) is 2.37.